The van der Waals surface area contributed by atoms with Crippen LogP contribution in [0.4, 0.5) is 5.69 Å². The number of hydrogen-bond donors (Lipinski definition) is 1. The monoisotopic (exact) mass is 336 g/mol. The van der Waals surface area contributed by atoms with Gasteiger partial charge in [0.2, 0.25) is 0 Å². The second-order valence-corrected chi connectivity index (χ2v) is 8.24. The van der Waals surface area contributed by atoms with Gasteiger partial charge in [0.25, 0.3) is 10.0 Å². The molecule has 0 amide bonds. The molecule has 0 unspecified atom stereocenters. The summed E-state index contributed by atoms with van der Waals surface area (Å²) in [5.74, 6) is 0. The maximum Gasteiger partial charge on any atom is 0.261 e. The molecule has 114 valence electrons. The number of rotatable bonds is 4. The molecule has 0 fully saturated rings. The molecule has 0 saturated carbocycles. The molecule has 0 aliphatic carbocycles. The molecule has 0 bridgehead atoms. The molecule has 0 aliphatic rings. The van der Waals surface area contributed by atoms with Crippen LogP contribution < -0.4 is 4.72 Å². The van der Waals surface area contributed by atoms with Crippen LogP contribution in [0.5, 0.6) is 0 Å². The van der Waals surface area contributed by atoms with Gasteiger partial charge >= 0.3 is 0 Å². The van der Waals surface area contributed by atoms with Crippen molar-refractivity contribution in [2.75, 3.05) is 11.0 Å². The highest BCUT2D eigenvalue weighted by molar-refractivity contribution is 7.93. The lowest BCUT2D eigenvalue weighted by Crippen LogP contribution is -2.13. The van der Waals surface area contributed by atoms with Gasteiger partial charge in [-0.25, -0.2) is 16.8 Å². The summed E-state index contributed by atoms with van der Waals surface area (Å²) in [6, 6.07) is 12.9. The Labute approximate surface area is 129 Å². The van der Waals surface area contributed by atoms with E-state index in [-0.39, 0.29) is 15.5 Å². The maximum absolute atomic E-state index is 12.3. The molecule has 8 heteroatoms. The molecular formula is C14H12N2O4S2. The van der Waals surface area contributed by atoms with E-state index in [4.69, 9.17) is 5.26 Å². The van der Waals surface area contributed by atoms with Gasteiger partial charge in [-0.15, -0.1) is 0 Å². The first-order valence-electron chi connectivity index (χ1n) is 6.05. The molecule has 2 aromatic rings. The number of nitriles is 1. The van der Waals surface area contributed by atoms with Crippen LogP contribution >= 0.6 is 0 Å². The highest BCUT2D eigenvalue weighted by Gasteiger charge is 2.17. The van der Waals surface area contributed by atoms with Crippen LogP contribution in [0.3, 0.4) is 0 Å². The topological polar surface area (TPSA) is 104 Å². The van der Waals surface area contributed by atoms with E-state index in [1.54, 1.807) is 0 Å². The highest BCUT2D eigenvalue weighted by Crippen LogP contribution is 2.19. The zero-order chi connectivity index (χ0) is 16.4. The van der Waals surface area contributed by atoms with E-state index >= 15 is 0 Å². The third-order valence-corrected chi connectivity index (χ3v) is 5.30. The lowest BCUT2D eigenvalue weighted by atomic mass is 10.2. The van der Waals surface area contributed by atoms with E-state index in [0.717, 1.165) is 12.3 Å². The van der Waals surface area contributed by atoms with Crippen molar-refractivity contribution in [3.05, 3.63) is 54.1 Å². The standard InChI is InChI=1S/C14H12N2O4S2/c1-21(17,18)13-3-2-4-14(9-13)22(19,20)16-12-7-5-11(10-15)6-8-12/h2-9,16H,1H3. The Morgan fingerprint density at radius 3 is 2.09 bits per heavy atom. The van der Waals surface area contributed by atoms with E-state index in [1.165, 1.54) is 42.5 Å². The van der Waals surface area contributed by atoms with Crippen molar-refractivity contribution in [2.45, 2.75) is 9.79 Å². The lowest BCUT2D eigenvalue weighted by molar-refractivity contribution is 0.599. The van der Waals surface area contributed by atoms with Gasteiger partial charge in [-0.3, -0.25) is 4.72 Å². The summed E-state index contributed by atoms with van der Waals surface area (Å²) in [7, 11) is -7.41. The molecule has 0 aromatic heterocycles. The third kappa shape index (κ3) is 3.63. The first kappa shape index (κ1) is 16.0. The van der Waals surface area contributed by atoms with E-state index in [1.807, 2.05) is 6.07 Å². The average Bonchev–Trinajstić information content (AvgIpc) is 2.47. The predicted molar refractivity (Wildman–Crippen MR) is 81.5 cm³/mol. The van der Waals surface area contributed by atoms with Crippen molar-refractivity contribution >= 4 is 25.5 Å². The summed E-state index contributed by atoms with van der Waals surface area (Å²) in [6.07, 6.45) is 1.01. The number of benzene rings is 2. The van der Waals surface area contributed by atoms with Crippen molar-refractivity contribution < 1.29 is 16.8 Å². The molecule has 0 atom stereocenters. The molecule has 1 N–H and O–H groups in total. The summed E-state index contributed by atoms with van der Waals surface area (Å²) in [5, 5.41) is 8.70. The summed E-state index contributed by atoms with van der Waals surface area (Å²) in [5.41, 5.74) is 0.686. The van der Waals surface area contributed by atoms with Crippen LogP contribution in [0.15, 0.2) is 58.3 Å². The maximum atomic E-state index is 12.3. The van der Waals surface area contributed by atoms with Crippen LogP contribution in [-0.4, -0.2) is 23.1 Å². The fraction of sp³-hybridized carbons (Fsp3) is 0.0714. The molecule has 0 spiro atoms. The van der Waals surface area contributed by atoms with Gasteiger partial charge in [0.15, 0.2) is 9.84 Å². The number of anilines is 1. The molecule has 0 heterocycles. The first-order chi connectivity index (χ1) is 10.2. The van der Waals surface area contributed by atoms with E-state index in [2.05, 4.69) is 4.72 Å². The van der Waals surface area contributed by atoms with Crippen LogP contribution in [0.2, 0.25) is 0 Å². The Hall–Kier alpha value is -2.37. The normalized spacial score (nSPS) is 11.6. The quantitative estimate of drug-likeness (QED) is 0.916. The van der Waals surface area contributed by atoms with Crippen LogP contribution in [-0.2, 0) is 19.9 Å². The van der Waals surface area contributed by atoms with E-state index in [0.29, 0.717) is 5.56 Å². The van der Waals surface area contributed by atoms with Crippen molar-refractivity contribution in [3.63, 3.8) is 0 Å². The predicted octanol–water partition coefficient (Wildman–Crippen LogP) is 1.76. The van der Waals surface area contributed by atoms with Gasteiger partial charge in [-0.05, 0) is 42.5 Å². The highest BCUT2D eigenvalue weighted by atomic mass is 32.2. The van der Waals surface area contributed by atoms with Gasteiger partial charge < -0.3 is 0 Å². The molecule has 0 radical (unpaired) electrons. The number of hydrogen-bond acceptors (Lipinski definition) is 5. The van der Waals surface area contributed by atoms with Gasteiger partial charge in [0, 0.05) is 11.9 Å². The molecule has 0 saturated heterocycles. The number of sulfonamides is 1. The van der Waals surface area contributed by atoms with Gasteiger partial charge in [-0.2, -0.15) is 5.26 Å². The second kappa shape index (κ2) is 5.79. The summed E-state index contributed by atoms with van der Waals surface area (Å²) < 4.78 is 49.9. The van der Waals surface area contributed by atoms with Crippen molar-refractivity contribution in [1.29, 1.82) is 5.26 Å². The lowest BCUT2D eigenvalue weighted by Gasteiger charge is -2.09. The average molecular weight is 336 g/mol. The van der Waals surface area contributed by atoms with Gasteiger partial charge in [0.05, 0.1) is 21.4 Å². The molecule has 6 nitrogen and oxygen atoms in total. The largest absolute Gasteiger partial charge is 0.280 e. The van der Waals surface area contributed by atoms with E-state index < -0.39 is 19.9 Å². The van der Waals surface area contributed by atoms with Gasteiger partial charge in [0.1, 0.15) is 0 Å². The third-order valence-electron chi connectivity index (χ3n) is 2.81. The number of sulfone groups is 1. The van der Waals surface area contributed by atoms with Crippen LogP contribution in [0.1, 0.15) is 5.56 Å². The van der Waals surface area contributed by atoms with Crippen LogP contribution in [0, 0.1) is 11.3 Å². The Bertz CT molecular complexity index is 941. The minimum absolute atomic E-state index is 0.0739. The second-order valence-electron chi connectivity index (χ2n) is 4.54. The molecule has 0 aliphatic heterocycles. The minimum Gasteiger partial charge on any atom is -0.280 e. The molecular weight excluding hydrogens is 324 g/mol. The Kier molecular flexibility index (Phi) is 4.21. The fourth-order valence-corrected chi connectivity index (χ4v) is 3.54. The number of nitrogens with one attached hydrogen (secondary N) is 1. The molecule has 22 heavy (non-hydrogen) atoms. The SMILES string of the molecule is CS(=O)(=O)c1cccc(S(=O)(=O)Nc2ccc(C#N)cc2)c1. The molecule has 2 rings (SSSR count). The summed E-state index contributed by atoms with van der Waals surface area (Å²) in [6.45, 7) is 0. The fourth-order valence-electron chi connectivity index (χ4n) is 1.70. The summed E-state index contributed by atoms with van der Waals surface area (Å²) in [4.78, 5) is -0.227. The number of nitrogens with zero attached hydrogens (tertiary/aromatic N) is 1. The van der Waals surface area contributed by atoms with Gasteiger partial charge in [-0.1, -0.05) is 6.07 Å². The van der Waals surface area contributed by atoms with Crippen molar-refractivity contribution in [2.24, 2.45) is 0 Å². The Morgan fingerprint density at radius 2 is 1.55 bits per heavy atom. The molecule has 2 aromatic carbocycles. The smallest absolute Gasteiger partial charge is 0.261 e. The minimum atomic E-state index is -3.91. The van der Waals surface area contributed by atoms with E-state index in [9.17, 15) is 16.8 Å². The van der Waals surface area contributed by atoms with Crippen LogP contribution in [0.25, 0.3) is 0 Å². The zero-order valence-electron chi connectivity index (χ0n) is 11.5. The first-order valence-corrected chi connectivity index (χ1v) is 9.43. The Morgan fingerprint density at radius 1 is 0.955 bits per heavy atom. The summed E-state index contributed by atoms with van der Waals surface area (Å²) >= 11 is 0. The van der Waals surface area contributed by atoms with Crippen molar-refractivity contribution in [3.8, 4) is 6.07 Å². The Balaban J connectivity index is 2.36. The van der Waals surface area contributed by atoms with Crippen molar-refractivity contribution in [1.82, 2.24) is 0 Å². The zero-order valence-corrected chi connectivity index (χ0v) is 13.1.